The molecule has 0 amide bonds. The van der Waals surface area contributed by atoms with Crippen LogP contribution < -0.4 is 0 Å². The number of halogens is 1. The highest BCUT2D eigenvalue weighted by molar-refractivity contribution is 6.12. The van der Waals surface area contributed by atoms with E-state index in [1.165, 1.54) is 30.1 Å². The van der Waals surface area contributed by atoms with Gasteiger partial charge >= 0.3 is 0 Å². The summed E-state index contributed by atoms with van der Waals surface area (Å²) in [5, 5.41) is 0. The van der Waals surface area contributed by atoms with Gasteiger partial charge in [-0.15, -0.1) is 0 Å². The first-order valence-electron chi connectivity index (χ1n) is 3.71. The molecule has 0 aromatic heterocycles. The lowest BCUT2D eigenvalue weighted by atomic mass is 10.1. The average Bonchev–Trinajstić information content (AvgIpc) is 1.90. The molecule has 1 aliphatic rings. The average molecular weight is 162 g/mol. The first-order chi connectivity index (χ1) is 4.73. The van der Waals surface area contributed by atoms with Crippen molar-refractivity contribution in [2.75, 3.05) is 14.1 Å². The van der Waals surface area contributed by atoms with Crippen LogP contribution in [0.25, 0.3) is 0 Å². The summed E-state index contributed by atoms with van der Waals surface area (Å²) in [6.07, 6.45) is 10.0. The fourth-order valence-corrected chi connectivity index (χ4v) is 0.760. The summed E-state index contributed by atoms with van der Waals surface area (Å²) < 4.78 is 1.47. The van der Waals surface area contributed by atoms with Gasteiger partial charge in [-0.25, -0.2) is 4.42 Å². The van der Waals surface area contributed by atoms with Crippen molar-refractivity contribution >= 4 is 11.8 Å². The molecule has 0 bridgehead atoms. The molecule has 0 saturated carbocycles. The van der Waals surface area contributed by atoms with Gasteiger partial charge in [-0.2, -0.15) is 0 Å². The first kappa shape index (κ1) is 9.99. The van der Waals surface area contributed by atoms with Crippen molar-refractivity contribution in [3.05, 3.63) is 12.2 Å². The van der Waals surface area contributed by atoms with Gasteiger partial charge in [-0.05, 0) is 37.5 Å². The van der Waals surface area contributed by atoms with E-state index in [-0.39, 0.29) is 0 Å². The molecule has 2 heteroatoms. The molecule has 0 fully saturated rings. The molecule has 0 atom stereocenters. The van der Waals surface area contributed by atoms with Crippen molar-refractivity contribution in [1.82, 2.24) is 4.42 Å². The molecular formula is C8H16ClN. The second kappa shape index (κ2) is 7.10. The number of hydrogen-bond donors (Lipinski definition) is 0. The number of rotatable bonds is 0. The van der Waals surface area contributed by atoms with Gasteiger partial charge < -0.3 is 0 Å². The second-order valence-electron chi connectivity index (χ2n) is 2.54. The SMILES string of the molecule is C1=CCCCC1.CN(C)Cl. The van der Waals surface area contributed by atoms with Crippen molar-refractivity contribution in [3.8, 4) is 0 Å². The van der Waals surface area contributed by atoms with Crippen LogP contribution >= 0.6 is 11.8 Å². The van der Waals surface area contributed by atoms with Crippen LogP contribution in [0.1, 0.15) is 25.7 Å². The van der Waals surface area contributed by atoms with E-state index in [9.17, 15) is 0 Å². The molecule has 60 valence electrons. The Kier molecular flexibility index (Phi) is 7.09. The highest BCUT2D eigenvalue weighted by atomic mass is 35.5. The van der Waals surface area contributed by atoms with Gasteiger partial charge in [0.2, 0.25) is 0 Å². The van der Waals surface area contributed by atoms with E-state index in [2.05, 4.69) is 12.2 Å². The van der Waals surface area contributed by atoms with Gasteiger partial charge in [0, 0.05) is 14.1 Å². The highest BCUT2D eigenvalue weighted by Crippen LogP contribution is 2.07. The van der Waals surface area contributed by atoms with Crippen LogP contribution in [0.2, 0.25) is 0 Å². The van der Waals surface area contributed by atoms with Gasteiger partial charge in [0.05, 0.1) is 0 Å². The van der Waals surface area contributed by atoms with E-state index in [1.54, 1.807) is 14.1 Å². The molecule has 0 saturated heterocycles. The van der Waals surface area contributed by atoms with Gasteiger partial charge in [-0.3, -0.25) is 0 Å². The third-order valence-electron chi connectivity index (χ3n) is 1.16. The van der Waals surface area contributed by atoms with Crippen LogP contribution in [0.4, 0.5) is 0 Å². The standard InChI is InChI=1S/C6H10.C2H6ClN/c1-2-4-6-5-3-1;1-4(2)3/h1-2H,3-6H2;1-2H3. The number of hydrogen-bond acceptors (Lipinski definition) is 1. The molecule has 0 N–H and O–H groups in total. The Morgan fingerprint density at radius 2 is 1.40 bits per heavy atom. The lowest BCUT2D eigenvalue weighted by molar-refractivity contribution is 0.681. The predicted octanol–water partition coefficient (Wildman–Crippen LogP) is 2.82. The molecule has 1 aliphatic carbocycles. The van der Waals surface area contributed by atoms with E-state index >= 15 is 0 Å². The van der Waals surface area contributed by atoms with Crippen molar-refractivity contribution in [1.29, 1.82) is 0 Å². The maximum absolute atomic E-state index is 5.11. The number of allylic oxidation sites excluding steroid dienone is 2. The van der Waals surface area contributed by atoms with E-state index in [1.807, 2.05) is 0 Å². The maximum atomic E-state index is 5.11. The largest absolute Gasteiger partial charge is 0.226 e. The predicted molar refractivity (Wildman–Crippen MR) is 47.1 cm³/mol. The van der Waals surface area contributed by atoms with Crippen LogP contribution in [0, 0.1) is 0 Å². The minimum Gasteiger partial charge on any atom is -0.226 e. The Labute approximate surface area is 68.8 Å². The van der Waals surface area contributed by atoms with Crippen molar-refractivity contribution in [2.24, 2.45) is 0 Å². The minimum absolute atomic E-state index is 1.32. The highest BCUT2D eigenvalue weighted by Gasteiger charge is 1.87. The molecule has 0 aromatic rings. The Hall–Kier alpha value is -0.0100. The van der Waals surface area contributed by atoms with E-state index < -0.39 is 0 Å². The third kappa shape index (κ3) is 10.9. The Morgan fingerprint density at radius 3 is 1.50 bits per heavy atom. The number of nitrogens with zero attached hydrogens (tertiary/aromatic N) is 1. The van der Waals surface area contributed by atoms with Gasteiger partial charge in [0.25, 0.3) is 0 Å². The van der Waals surface area contributed by atoms with Crippen LogP contribution in [0.15, 0.2) is 12.2 Å². The molecule has 10 heavy (non-hydrogen) atoms. The fourth-order valence-electron chi connectivity index (χ4n) is 0.760. The van der Waals surface area contributed by atoms with Crippen LogP contribution in [-0.2, 0) is 0 Å². The first-order valence-corrected chi connectivity index (χ1v) is 4.05. The van der Waals surface area contributed by atoms with Crippen molar-refractivity contribution in [2.45, 2.75) is 25.7 Å². The second-order valence-corrected chi connectivity index (χ2v) is 3.22. The summed E-state index contributed by atoms with van der Waals surface area (Å²) in [4.78, 5) is 0. The lowest BCUT2D eigenvalue weighted by Gasteiger charge is -1.97. The molecule has 1 nitrogen and oxygen atoms in total. The topological polar surface area (TPSA) is 3.24 Å². The minimum atomic E-state index is 1.32. The third-order valence-corrected chi connectivity index (χ3v) is 1.16. The Balaban J connectivity index is 0.000000180. The molecular weight excluding hydrogens is 146 g/mol. The lowest BCUT2D eigenvalue weighted by Crippen LogP contribution is -1.89. The summed E-state index contributed by atoms with van der Waals surface area (Å²) >= 11 is 5.11. The van der Waals surface area contributed by atoms with Crippen LogP contribution in [0.3, 0.4) is 0 Å². The summed E-state index contributed by atoms with van der Waals surface area (Å²) in [7, 11) is 3.53. The van der Waals surface area contributed by atoms with E-state index in [0.29, 0.717) is 0 Å². The zero-order valence-corrected chi connectivity index (χ0v) is 7.56. The smallest absolute Gasteiger partial charge is 0.00209 e. The summed E-state index contributed by atoms with van der Waals surface area (Å²) in [5.41, 5.74) is 0. The van der Waals surface area contributed by atoms with Crippen molar-refractivity contribution < 1.29 is 0 Å². The molecule has 0 radical (unpaired) electrons. The Morgan fingerprint density at radius 1 is 1.10 bits per heavy atom. The summed E-state index contributed by atoms with van der Waals surface area (Å²) in [5.74, 6) is 0. The fraction of sp³-hybridized carbons (Fsp3) is 0.750. The van der Waals surface area contributed by atoms with E-state index in [0.717, 1.165) is 0 Å². The molecule has 1 rings (SSSR count). The normalized spacial score (nSPS) is 16.4. The monoisotopic (exact) mass is 161 g/mol. The quantitative estimate of drug-likeness (QED) is 0.390. The Bertz CT molecular complexity index is 78.5. The maximum Gasteiger partial charge on any atom is 0.00209 e. The van der Waals surface area contributed by atoms with Crippen molar-refractivity contribution in [3.63, 3.8) is 0 Å². The van der Waals surface area contributed by atoms with Gasteiger partial charge in [0.1, 0.15) is 0 Å². The van der Waals surface area contributed by atoms with Gasteiger partial charge in [0.15, 0.2) is 0 Å². The molecule has 0 aliphatic heterocycles. The zero-order chi connectivity index (χ0) is 7.82. The molecule has 0 aromatic carbocycles. The van der Waals surface area contributed by atoms with Crippen LogP contribution in [-0.4, -0.2) is 18.5 Å². The molecule has 0 spiro atoms. The zero-order valence-electron chi connectivity index (χ0n) is 6.81. The molecule has 0 heterocycles. The van der Waals surface area contributed by atoms with E-state index in [4.69, 9.17) is 11.8 Å². The van der Waals surface area contributed by atoms with Gasteiger partial charge in [-0.1, -0.05) is 12.2 Å². The summed E-state index contributed by atoms with van der Waals surface area (Å²) in [6.45, 7) is 0. The van der Waals surface area contributed by atoms with Crippen LogP contribution in [0.5, 0.6) is 0 Å². The summed E-state index contributed by atoms with van der Waals surface area (Å²) in [6, 6.07) is 0. The molecule has 0 unspecified atom stereocenters.